The van der Waals surface area contributed by atoms with Crippen molar-refractivity contribution < 1.29 is 23.4 Å². The number of aliphatic hydroxyl groups is 1. The third kappa shape index (κ3) is 3.45. The minimum atomic E-state index is -1.13. The third-order valence-electron chi connectivity index (χ3n) is 4.54. The zero-order chi connectivity index (χ0) is 16.6. The van der Waals surface area contributed by atoms with E-state index in [1.54, 1.807) is 6.92 Å². The van der Waals surface area contributed by atoms with Crippen LogP contribution >= 0.6 is 0 Å². The van der Waals surface area contributed by atoms with Crippen molar-refractivity contribution in [3.8, 4) is 0 Å². The topological polar surface area (TPSA) is 70.6 Å². The standard InChI is InChI=1S/C16H20F2N2O3/c1-8(15(21)9-2-4-11(17)12(18)6-9)19-16(22)20-13-7-10-3-5-14(13)23-10/h2,4,6,8,10,13-15,21H,3,5,7H2,1H3,(H2,19,20,22). The first-order chi connectivity index (χ1) is 10.9. The van der Waals surface area contributed by atoms with E-state index in [-0.39, 0.29) is 23.8 Å². The van der Waals surface area contributed by atoms with Crippen LogP contribution < -0.4 is 10.6 Å². The highest BCUT2D eigenvalue weighted by atomic mass is 19.2. The Morgan fingerprint density at radius 2 is 2.13 bits per heavy atom. The maximum atomic E-state index is 13.2. The number of aliphatic hydroxyl groups excluding tert-OH is 1. The molecule has 5 nitrogen and oxygen atoms in total. The van der Waals surface area contributed by atoms with Gasteiger partial charge in [0.15, 0.2) is 11.6 Å². The van der Waals surface area contributed by atoms with Gasteiger partial charge in [-0.15, -0.1) is 0 Å². The van der Waals surface area contributed by atoms with Crippen molar-refractivity contribution in [3.05, 3.63) is 35.4 Å². The largest absolute Gasteiger partial charge is 0.386 e. The number of carbonyl (C=O) groups excluding carboxylic acids is 1. The summed E-state index contributed by atoms with van der Waals surface area (Å²) in [7, 11) is 0. The van der Waals surface area contributed by atoms with E-state index in [1.807, 2.05) is 0 Å². The summed E-state index contributed by atoms with van der Waals surface area (Å²) < 4.78 is 31.8. The fourth-order valence-electron chi connectivity index (χ4n) is 3.27. The van der Waals surface area contributed by atoms with Gasteiger partial charge in [-0.05, 0) is 43.9 Å². The zero-order valence-corrected chi connectivity index (χ0v) is 12.8. The number of carbonyl (C=O) groups is 1. The number of hydrogen-bond acceptors (Lipinski definition) is 3. The molecule has 1 aromatic carbocycles. The first-order valence-electron chi connectivity index (χ1n) is 7.79. The van der Waals surface area contributed by atoms with Crippen molar-refractivity contribution in [1.82, 2.24) is 10.6 Å². The monoisotopic (exact) mass is 326 g/mol. The number of nitrogens with one attached hydrogen (secondary N) is 2. The summed E-state index contributed by atoms with van der Waals surface area (Å²) in [5.41, 5.74) is 0.208. The number of halogens is 2. The van der Waals surface area contributed by atoms with Crippen LogP contribution in [0.15, 0.2) is 18.2 Å². The Labute approximate surface area is 133 Å². The molecule has 2 amide bonds. The molecule has 0 saturated carbocycles. The van der Waals surface area contributed by atoms with Crippen molar-refractivity contribution in [2.45, 2.75) is 56.6 Å². The summed E-state index contributed by atoms with van der Waals surface area (Å²) in [5.74, 6) is -2.01. The summed E-state index contributed by atoms with van der Waals surface area (Å²) in [5, 5.41) is 15.6. The maximum Gasteiger partial charge on any atom is 0.315 e. The second-order valence-corrected chi connectivity index (χ2v) is 6.24. The second kappa shape index (κ2) is 6.41. The average Bonchev–Trinajstić information content (AvgIpc) is 3.11. The number of benzene rings is 1. The highest BCUT2D eigenvalue weighted by Crippen LogP contribution is 2.34. The third-order valence-corrected chi connectivity index (χ3v) is 4.54. The van der Waals surface area contributed by atoms with E-state index in [2.05, 4.69) is 10.6 Å². The van der Waals surface area contributed by atoms with Crippen LogP contribution in [0.2, 0.25) is 0 Å². The van der Waals surface area contributed by atoms with Crippen LogP contribution in [0.25, 0.3) is 0 Å². The number of hydrogen-bond donors (Lipinski definition) is 3. The van der Waals surface area contributed by atoms with E-state index in [1.165, 1.54) is 6.07 Å². The van der Waals surface area contributed by atoms with Gasteiger partial charge in [-0.3, -0.25) is 0 Å². The Morgan fingerprint density at radius 1 is 1.35 bits per heavy atom. The molecule has 2 aliphatic rings. The van der Waals surface area contributed by atoms with Crippen molar-refractivity contribution in [2.24, 2.45) is 0 Å². The molecule has 5 unspecified atom stereocenters. The molecular formula is C16H20F2N2O3. The number of rotatable bonds is 4. The Balaban J connectivity index is 1.54. The quantitative estimate of drug-likeness (QED) is 0.793. The molecule has 5 atom stereocenters. The van der Waals surface area contributed by atoms with Crippen LogP contribution in [0.3, 0.4) is 0 Å². The number of ether oxygens (including phenoxy) is 1. The summed E-state index contributed by atoms with van der Waals surface area (Å²) in [6, 6.07) is 2.11. The van der Waals surface area contributed by atoms with E-state index < -0.39 is 29.8 Å². The number of fused-ring (bicyclic) bond motifs is 2. The lowest BCUT2D eigenvalue weighted by molar-refractivity contribution is 0.0975. The van der Waals surface area contributed by atoms with E-state index in [4.69, 9.17) is 4.74 Å². The smallest absolute Gasteiger partial charge is 0.315 e. The molecular weight excluding hydrogens is 306 g/mol. The van der Waals surface area contributed by atoms with Crippen LogP contribution in [-0.4, -0.2) is 35.4 Å². The van der Waals surface area contributed by atoms with Gasteiger partial charge in [-0.2, -0.15) is 0 Å². The lowest BCUT2D eigenvalue weighted by Gasteiger charge is -2.24. The molecule has 0 radical (unpaired) electrons. The molecule has 3 N–H and O–H groups in total. The Morgan fingerprint density at radius 3 is 2.74 bits per heavy atom. The average molecular weight is 326 g/mol. The molecule has 1 aromatic rings. The molecule has 2 fully saturated rings. The van der Waals surface area contributed by atoms with Gasteiger partial charge in [0.1, 0.15) is 0 Å². The zero-order valence-electron chi connectivity index (χ0n) is 12.8. The molecule has 0 aliphatic carbocycles. The van der Waals surface area contributed by atoms with Crippen LogP contribution in [0.1, 0.15) is 37.9 Å². The maximum absolute atomic E-state index is 13.2. The summed E-state index contributed by atoms with van der Waals surface area (Å²) in [6.45, 7) is 1.60. The second-order valence-electron chi connectivity index (χ2n) is 6.24. The Kier molecular flexibility index (Phi) is 4.50. The van der Waals surface area contributed by atoms with Crippen LogP contribution in [-0.2, 0) is 4.74 Å². The molecule has 2 bridgehead atoms. The van der Waals surface area contributed by atoms with Gasteiger partial charge in [0.25, 0.3) is 0 Å². The number of amides is 2. The van der Waals surface area contributed by atoms with E-state index in [9.17, 15) is 18.7 Å². The normalized spacial score (nSPS) is 28.4. The van der Waals surface area contributed by atoms with Gasteiger partial charge in [0.2, 0.25) is 0 Å². The van der Waals surface area contributed by atoms with Crippen molar-refractivity contribution in [1.29, 1.82) is 0 Å². The Hall–Kier alpha value is -1.73. The highest BCUT2D eigenvalue weighted by molar-refractivity contribution is 5.74. The lowest BCUT2D eigenvalue weighted by atomic mass is 9.96. The van der Waals surface area contributed by atoms with Gasteiger partial charge in [0.05, 0.1) is 30.4 Å². The molecule has 23 heavy (non-hydrogen) atoms. The fourth-order valence-corrected chi connectivity index (χ4v) is 3.27. The predicted molar refractivity (Wildman–Crippen MR) is 78.7 cm³/mol. The lowest BCUT2D eigenvalue weighted by Crippen LogP contribution is -2.49. The van der Waals surface area contributed by atoms with Crippen LogP contribution in [0.4, 0.5) is 13.6 Å². The first kappa shape index (κ1) is 16.1. The Bertz CT molecular complexity index is 599. The van der Waals surface area contributed by atoms with Crippen LogP contribution in [0.5, 0.6) is 0 Å². The molecule has 7 heteroatoms. The molecule has 3 rings (SSSR count). The van der Waals surface area contributed by atoms with Crippen molar-refractivity contribution in [3.63, 3.8) is 0 Å². The highest BCUT2D eigenvalue weighted by Gasteiger charge is 2.41. The molecule has 2 heterocycles. The van der Waals surface area contributed by atoms with Gasteiger partial charge in [-0.1, -0.05) is 6.07 Å². The van der Waals surface area contributed by atoms with E-state index in [0.29, 0.717) is 0 Å². The minimum Gasteiger partial charge on any atom is -0.386 e. The fraction of sp³-hybridized carbons (Fsp3) is 0.562. The van der Waals surface area contributed by atoms with Crippen molar-refractivity contribution >= 4 is 6.03 Å². The van der Waals surface area contributed by atoms with Gasteiger partial charge in [-0.25, -0.2) is 13.6 Å². The summed E-state index contributed by atoms with van der Waals surface area (Å²) in [6.07, 6.45) is 1.95. The van der Waals surface area contributed by atoms with Crippen molar-refractivity contribution in [2.75, 3.05) is 0 Å². The molecule has 0 spiro atoms. The SMILES string of the molecule is CC(NC(=O)NC1CC2CCC1O2)C(O)c1ccc(F)c(F)c1. The summed E-state index contributed by atoms with van der Waals surface area (Å²) >= 11 is 0. The van der Waals surface area contributed by atoms with E-state index >= 15 is 0 Å². The first-order valence-corrected chi connectivity index (χ1v) is 7.79. The summed E-state index contributed by atoms with van der Waals surface area (Å²) in [4.78, 5) is 12.0. The van der Waals surface area contributed by atoms with E-state index in [0.717, 1.165) is 31.4 Å². The predicted octanol–water partition coefficient (Wildman–Crippen LogP) is 2.01. The molecule has 2 aliphatic heterocycles. The molecule has 126 valence electrons. The molecule has 0 aromatic heterocycles. The van der Waals surface area contributed by atoms with Gasteiger partial charge < -0.3 is 20.5 Å². The number of urea groups is 1. The van der Waals surface area contributed by atoms with Gasteiger partial charge >= 0.3 is 6.03 Å². The minimum absolute atomic E-state index is 0.0126. The van der Waals surface area contributed by atoms with Crippen LogP contribution in [0, 0.1) is 11.6 Å². The molecule has 2 saturated heterocycles. The van der Waals surface area contributed by atoms with Gasteiger partial charge in [0, 0.05) is 0 Å².